The predicted molar refractivity (Wildman–Crippen MR) is 75.5 cm³/mol. The molecule has 0 aliphatic rings. The van der Waals surface area contributed by atoms with Gasteiger partial charge in [-0.15, -0.1) is 0 Å². The van der Waals surface area contributed by atoms with Crippen molar-refractivity contribution in [3.05, 3.63) is 53.3 Å². The summed E-state index contributed by atoms with van der Waals surface area (Å²) in [6.45, 7) is 5.78. The van der Waals surface area contributed by atoms with Crippen molar-refractivity contribution in [2.75, 3.05) is 0 Å². The third-order valence-corrected chi connectivity index (χ3v) is 3.00. The molecule has 19 heavy (non-hydrogen) atoms. The molecule has 2 rings (SSSR count). The predicted octanol–water partition coefficient (Wildman–Crippen LogP) is 3.80. The van der Waals surface area contributed by atoms with E-state index in [4.69, 9.17) is 4.74 Å². The van der Waals surface area contributed by atoms with Crippen LogP contribution < -0.4 is 4.74 Å². The Morgan fingerprint density at radius 2 is 1.84 bits per heavy atom. The number of nitrogens with zero attached hydrogens (tertiary/aromatic N) is 1. The van der Waals surface area contributed by atoms with E-state index in [2.05, 4.69) is 11.9 Å². The molecule has 3 nitrogen and oxygen atoms in total. The number of ether oxygens (including phenoxy) is 1. The average Bonchev–Trinajstić information content (AvgIpc) is 2.41. The maximum absolute atomic E-state index is 9.47. The van der Waals surface area contributed by atoms with Gasteiger partial charge in [0.05, 0.1) is 11.8 Å². The molecule has 1 aromatic carbocycles. The highest BCUT2D eigenvalue weighted by atomic mass is 16.5. The van der Waals surface area contributed by atoms with Crippen LogP contribution in [0.2, 0.25) is 0 Å². The monoisotopic (exact) mass is 257 g/mol. The van der Waals surface area contributed by atoms with E-state index in [-0.39, 0.29) is 0 Å². The number of benzene rings is 1. The van der Waals surface area contributed by atoms with Gasteiger partial charge in [-0.2, -0.15) is 0 Å². The fourth-order valence-corrected chi connectivity index (χ4v) is 1.89. The summed E-state index contributed by atoms with van der Waals surface area (Å²) in [4.78, 5) is 4.47. The highest BCUT2D eigenvalue weighted by Crippen LogP contribution is 2.26. The van der Waals surface area contributed by atoms with Crippen LogP contribution >= 0.6 is 0 Å². The number of aliphatic hydroxyl groups is 1. The van der Waals surface area contributed by atoms with Crippen LogP contribution in [0, 0.1) is 6.92 Å². The summed E-state index contributed by atoms with van der Waals surface area (Å²) in [6.07, 6.45) is 0.379. The number of hydrogen-bond acceptors (Lipinski definition) is 3. The first kappa shape index (κ1) is 13.6. The van der Waals surface area contributed by atoms with E-state index in [0.717, 1.165) is 34.9 Å². The quantitative estimate of drug-likeness (QED) is 0.906. The van der Waals surface area contributed by atoms with Gasteiger partial charge in [0, 0.05) is 5.69 Å². The van der Waals surface area contributed by atoms with Crippen molar-refractivity contribution < 1.29 is 9.84 Å². The van der Waals surface area contributed by atoms with E-state index >= 15 is 0 Å². The van der Waals surface area contributed by atoms with Crippen LogP contribution in [0.3, 0.4) is 0 Å². The lowest BCUT2D eigenvalue weighted by atomic mass is 10.1. The first-order valence-corrected chi connectivity index (χ1v) is 6.52. The number of aryl methyl sites for hydroxylation is 2. The molecule has 1 N–H and O–H groups in total. The van der Waals surface area contributed by atoms with Gasteiger partial charge < -0.3 is 9.84 Å². The van der Waals surface area contributed by atoms with Crippen LogP contribution in [0.15, 0.2) is 36.4 Å². The zero-order valence-corrected chi connectivity index (χ0v) is 11.6. The van der Waals surface area contributed by atoms with E-state index in [1.54, 1.807) is 6.92 Å². The van der Waals surface area contributed by atoms with Crippen molar-refractivity contribution in [3.8, 4) is 11.5 Å². The molecule has 1 heterocycles. The molecule has 1 aromatic heterocycles. The summed E-state index contributed by atoms with van der Waals surface area (Å²) in [7, 11) is 0. The maximum atomic E-state index is 9.47. The van der Waals surface area contributed by atoms with Gasteiger partial charge in [-0.25, -0.2) is 0 Å². The van der Waals surface area contributed by atoms with Crippen molar-refractivity contribution in [1.29, 1.82) is 0 Å². The smallest absolute Gasteiger partial charge is 0.148 e. The molecule has 0 aliphatic heterocycles. The van der Waals surface area contributed by atoms with Gasteiger partial charge in [-0.05, 0) is 50.1 Å². The minimum absolute atomic E-state index is 0.457. The Balaban J connectivity index is 2.21. The van der Waals surface area contributed by atoms with Crippen molar-refractivity contribution >= 4 is 0 Å². The van der Waals surface area contributed by atoms with Crippen molar-refractivity contribution in [2.24, 2.45) is 0 Å². The van der Waals surface area contributed by atoms with Gasteiger partial charge in [-0.3, -0.25) is 4.98 Å². The number of aromatic nitrogens is 1. The van der Waals surface area contributed by atoms with Gasteiger partial charge in [0.1, 0.15) is 11.5 Å². The molecule has 0 aliphatic carbocycles. The Kier molecular flexibility index (Phi) is 4.17. The maximum Gasteiger partial charge on any atom is 0.148 e. The van der Waals surface area contributed by atoms with Gasteiger partial charge >= 0.3 is 0 Å². The second-order valence-corrected chi connectivity index (χ2v) is 4.60. The summed E-state index contributed by atoms with van der Waals surface area (Å²) in [6, 6.07) is 11.4. The van der Waals surface area contributed by atoms with Gasteiger partial charge in [-0.1, -0.05) is 19.1 Å². The van der Waals surface area contributed by atoms with Crippen molar-refractivity contribution in [2.45, 2.75) is 33.3 Å². The summed E-state index contributed by atoms with van der Waals surface area (Å²) in [5, 5.41) is 9.47. The zero-order chi connectivity index (χ0) is 13.8. The molecule has 0 saturated heterocycles. The molecule has 2 aromatic rings. The lowest BCUT2D eigenvalue weighted by Crippen LogP contribution is -1.96. The first-order chi connectivity index (χ1) is 9.10. The number of pyridine rings is 1. The van der Waals surface area contributed by atoms with Crippen LogP contribution in [0.4, 0.5) is 0 Å². The second kappa shape index (κ2) is 5.85. The molecular weight excluding hydrogens is 238 g/mol. The Morgan fingerprint density at radius 1 is 1.16 bits per heavy atom. The van der Waals surface area contributed by atoms with Gasteiger partial charge in [0.2, 0.25) is 0 Å². The summed E-state index contributed by atoms with van der Waals surface area (Å²) in [5.74, 6) is 1.54. The van der Waals surface area contributed by atoms with Gasteiger partial charge in [0.25, 0.3) is 0 Å². The minimum Gasteiger partial charge on any atom is -0.455 e. The van der Waals surface area contributed by atoms with E-state index in [1.807, 2.05) is 43.3 Å². The molecular formula is C16H19NO2. The van der Waals surface area contributed by atoms with Crippen LogP contribution in [-0.4, -0.2) is 10.1 Å². The van der Waals surface area contributed by atoms with Crippen LogP contribution in [0.25, 0.3) is 0 Å². The summed E-state index contributed by atoms with van der Waals surface area (Å²) in [5.41, 5.74) is 2.83. The Hall–Kier alpha value is -1.87. The van der Waals surface area contributed by atoms with Crippen LogP contribution in [0.5, 0.6) is 11.5 Å². The van der Waals surface area contributed by atoms with Crippen LogP contribution in [0.1, 0.15) is 36.9 Å². The van der Waals surface area contributed by atoms with Crippen molar-refractivity contribution in [3.63, 3.8) is 0 Å². The zero-order valence-electron chi connectivity index (χ0n) is 11.6. The SMILES string of the molecule is CCc1nc(C)ccc1Oc1ccc([C@H](C)O)cc1. The molecule has 0 saturated carbocycles. The molecule has 100 valence electrons. The van der Waals surface area contributed by atoms with Gasteiger partial charge in [0.15, 0.2) is 0 Å². The summed E-state index contributed by atoms with van der Waals surface area (Å²) >= 11 is 0. The molecule has 0 radical (unpaired) electrons. The molecule has 0 fully saturated rings. The number of aliphatic hydroxyl groups excluding tert-OH is 1. The van der Waals surface area contributed by atoms with E-state index in [9.17, 15) is 5.11 Å². The van der Waals surface area contributed by atoms with E-state index in [0.29, 0.717) is 0 Å². The summed E-state index contributed by atoms with van der Waals surface area (Å²) < 4.78 is 5.85. The van der Waals surface area contributed by atoms with Crippen LogP contribution in [-0.2, 0) is 6.42 Å². The Bertz CT molecular complexity index is 547. The first-order valence-electron chi connectivity index (χ1n) is 6.52. The largest absolute Gasteiger partial charge is 0.455 e. The average molecular weight is 257 g/mol. The number of rotatable bonds is 4. The second-order valence-electron chi connectivity index (χ2n) is 4.60. The lowest BCUT2D eigenvalue weighted by Gasteiger charge is -2.11. The molecule has 0 amide bonds. The minimum atomic E-state index is -0.457. The highest BCUT2D eigenvalue weighted by Gasteiger charge is 2.06. The third-order valence-electron chi connectivity index (χ3n) is 3.00. The lowest BCUT2D eigenvalue weighted by molar-refractivity contribution is 0.199. The molecule has 0 bridgehead atoms. The van der Waals surface area contributed by atoms with E-state index in [1.165, 1.54) is 0 Å². The normalized spacial score (nSPS) is 12.2. The Morgan fingerprint density at radius 3 is 2.42 bits per heavy atom. The number of hydrogen-bond donors (Lipinski definition) is 1. The molecule has 0 unspecified atom stereocenters. The fourth-order valence-electron chi connectivity index (χ4n) is 1.89. The highest BCUT2D eigenvalue weighted by molar-refractivity contribution is 5.36. The van der Waals surface area contributed by atoms with E-state index < -0.39 is 6.10 Å². The third kappa shape index (κ3) is 3.32. The molecule has 0 spiro atoms. The topological polar surface area (TPSA) is 42.4 Å². The van der Waals surface area contributed by atoms with Crippen molar-refractivity contribution in [1.82, 2.24) is 4.98 Å². The molecule has 1 atom stereocenters. The fraction of sp³-hybridized carbons (Fsp3) is 0.312. The molecule has 3 heteroatoms. The standard InChI is InChI=1S/C16H19NO2/c1-4-15-16(10-5-11(2)17-15)19-14-8-6-13(7-9-14)12(3)18/h5-10,12,18H,4H2,1-3H3/t12-/m0/s1. The Labute approximate surface area is 113 Å².